The summed E-state index contributed by atoms with van der Waals surface area (Å²) in [6.07, 6.45) is 0.695. The highest BCUT2D eigenvalue weighted by atomic mass is 16.4. The molecule has 1 rings (SSSR count). The lowest BCUT2D eigenvalue weighted by Crippen LogP contribution is -2.10. The van der Waals surface area contributed by atoms with Crippen LogP contribution < -0.4 is 0 Å². The van der Waals surface area contributed by atoms with Gasteiger partial charge in [-0.1, -0.05) is 31.5 Å². The molecule has 3 heteroatoms. The molecule has 0 aliphatic carbocycles. The quantitative estimate of drug-likeness (QED) is 0.824. The van der Waals surface area contributed by atoms with Crippen molar-refractivity contribution in [2.45, 2.75) is 39.5 Å². The molecule has 0 aromatic heterocycles. The number of hydrogen-bond acceptors (Lipinski definition) is 2. The van der Waals surface area contributed by atoms with Gasteiger partial charge in [-0.15, -0.1) is 0 Å². The standard InChI is InChI=1S/C14H20O3/c1-9(2)11(5-7-14(16)17)12-8-10(3)4-6-13(12)15/h4,6,8-9,11,15H,5,7H2,1-3H3,(H,16,17). The summed E-state index contributed by atoms with van der Waals surface area (Å²) in [7, 11) is 0. The topological polar surface area (TPSA) is 57.5 Å². The van der Waals surface area contributed by atoms with E-state index in [4.69, 9.17) is 5.11 Å². The first-order valence-corrected chi connectivity index (χ1v) is 5.93. The van der Waals surface area contributed by atoms with Gasteiger partial charge in [0.25, 0.3) is 0 Å². The first-order valence-electron chi connectivity index (χ1n) is 5.93. The molecule has 0 spiro atoms. The predicted molar refractivity (Wildman–Crippen MR) is 67.3 cm³/mol. The van der Waals surface area contributed by atoms with Gasteiger partial charge >= 0.3 is 5.97 Å². The lowest BCUT2D eigenvalue weighted by atomic mass is 9.83. The maximum atomic E-state index is 10.6. The van der Waals surface area contributed by atoms with Gasteiger partial charge in [-0.2, -0.15) is 0 Å². The van der Waals surface area contributed by atoms with E-state index in [1.165, 1.54) is 0 Å². The Hall–Kier alpha value is -1.51. The molecule has 0 bridgehead atoms. The molecule has 17 heavy (non-hydrogen) atoms. The molecule has 0 heterocycles. The third kappa shape index (κ3) is 3.77. The summed E-state index contributed by atoms with van der Waals surface area (Å²) in [6.45, 7) is 6.07. The molecule has 0 aliphatic rings. The van der Waals surface area contributed by atoms with Crippen LogP contribution in [0, 0.1) is 12.8 Å². The molecule has 1 aromatic carbocycles. The normalized spacial score (nSPS) is 12.7. The number of benzene rings is 1. The minimum atomic E-state index is -0.789. The van der Waals surface area contributed by atoms with E-state index < -0.39 is 5.97 Å². The van der Waals surface area contributed by atoms with E-state index in [0.29, 0.717) is 12.3 Å². The predicted octanol–water partition coefficient (Wildman–Crippen LogP) is 3.31. The molecule has 3 nitrogen and oxygen atoms in total. The lowest BCUT2D eigenvalue weighted by Gasteiger charge is -2.22. The van der Waals surface area contributed by atoms with Gasteiger partial charge in [-0.05, 0) is 36.8 Å². The van der Waals surface area contributed by atoms with Crippen LogP contribution in [0.25, 0.3) is 0 Å². The van der Waals surface area contributed by atoms with Gasteiger partial charge in [-0.3, -0.25) is 4.79 Å². The summed E-state index contributed by atoms with van der Waals surface area (Å²) in [5.74, 6) is -0.129. The van der Waals surface area contributed by atoms with Crippen LogP contribution in [-0.2, 0) is 4.79 Å². The van der Waals surface area contributed by atoms with Crippen molar-refractivity contribution in [3.05, 3.63) is 29.3 Å². The molecule has 1 unspecified atom stereocenters. The summed E-state index contributed by atoms with van der Waals surface area (Å²) in [5, 5.41) is 18.6. The van der Waals surface area contributed by atoms with Crippen LogP contribution >= 0.6 is 0 Å². The summed E-state index contributed by atoms with van der Waals surface area (Å²) in [5.41, 5.74) is 1.94. The smallest absolute Gasteiger partial charge is 0.303 e. The fourth-order valence-electron chi connectivity index (χ4n) is 2.10. The van der Waals surface area contributed by atoms with Gasteiger partial charge < -0.3 is 10.2 Å². The molecule has 2 N–H and O–H groups in total. The van der Waals surface area contributed by atoms with Crippen LogP contribution in [0.2, 0.25) is 0 Å². The minimum absolute atomic E-state index is 0.0889. The SMILES string of the molecule is Cc1ccc(O)c(C(CCC(=O)O)C(C)C)c1. The van der Waals surface area contributed by atoms with E-state index in [1.807, 2.05) is 32.9 Å². The Labute approximate surface area is 102 Å². The largest absolute Gasteiger partial charge is 0.508 e. The van der Waals surface area contributed by atoms with Crippen molar-refractivity contribution in [1.29, 1.82) is 0 Å². The maximum absolute atomic E-state index is 10.6. The van der Waals surface area contributed by atoms with Crippen molar-refractivity contribution in [2.24, 2.45) is 5.92 Å². The highest BCUT2D eigenvalue weighted by molar-refractivity contribution is 5.66. The van der Waals surface area contributed by atoms with Crippen LogP contribution in [0.3, 0.4) is 0 Å². The van der Waals surface area contributed by atoms with Crippen molar-refractivity contribution < 1.29 is 15.0 Å². The van der Waals surface area contributed by atoms with Gasteiger partial charge in [0, 0.05) is 6.42 Å². The third-order valence-corrected chi connectivity index (χ3v) is 3.06. The summed E-state index contributed by atoms with van der Waals surface area (Å²) in [4.78, 5) is 10.6. The third-order valence-electron chi connectivity index (χ3n) is 3.06. The Balaban J connectivity index is 2.96. The number of phenolic OH excluding ortho intramolecular Hbond substituents is 1. The van der Waals surface area contributed by atoms with E-state index >= 15 is 0 Å². The van der Waals surface area contributed by atoms with Crippen LogP contribution in [0.4, 0.5) is 0 Å². The molecular formula is C14H20O3. The maximum Gasteiger partial charge on any atom is 0.303 e. The zero-order valence-electron chi connectivity index (χ0n) is 10.6. The first-order chi connectivity index (χ1) is 7.91. The average Bonchev–Trinajstić information content (AvgIpc) is 2.22. The number of aliphatic carboxylic acids is 1. The minimum Gasteiger partial charge on any atom is -0.508 e. The number of carboxylic acids is 1. The molecule has 0 radical (unpaired) electrons. The monoisotopic (exact) mass is 236 g/mol. The second-order valence-corrected chi connectivity index (χ2v) is 4.85. The molecule has 1 aromatic rings. The fraction of sp³-hybridized carbons (Fsp3) is 0.500. The number of carbonyl (C=O) groups is 1. The van der Waals surface area contributed by atoms with E-state index in [1.54, 1.807) is 6.07 Å². The number of phenols is 1. The number of rotatable bonds is 5. The highest BCUT2D eigenvalue weighted by Gasteiger charge is 2.20. The van der Waals surface area contributed by atoms with E-state index in [9.17, 15) is 9.90 Å². The molecule has 0 saturated heterocycles. The van der Waals surface area contributed by atoms with Crippen molar-refractivity contribution in [3.8, 4) is 5.75 Å². The van der Waals surface area contributed by atoms with E-state index in [2.05, 4.69) is 0 Å². The Morgan fingerprint density at radius 1 is 1.35 bits per heavy atom. The molecule has 0 aliphatic heterocycles. The summed E-state index contributed by atoms with van der Waals surface area (Å²) >= 11 is 0. The van der Waals surface area contributed by atoms with Gasteiger partial charge in [0.2, 0.25) is 0 Å². The Bertz CT molecular complexity index is 396. The Morgan fingerprint density at radius 2 is 2.00 bits per heavy atom. The second-order valence-electron chi connectivity index (χ2n) is 4.85. The highest BCUT2D eigenvalue weighted by Crippen LogP contribution is 2.35. The van der Waals surface area contributed by atoms with Crippen LogP contribution in [0.15, 0.2) is 18.2 Å². The molecular weight excluding hydrogens is 216 g/mol. The first kappa shape index (κ1) is 13.6. The summed E-state index contributed by atoms with van der Waals surface area (Å²) in [6, 6.07) is 5.48. The van der Waals surface area contributed by atoms with Crippen LogP contribution in [0.1, 0.15) is 43.7 Å². The average molecular weight is 236 g/mol. The molecule has 94 valence electrons. The molecule has 0 amide bonds. The molecule has 1 atom stereocenters. The number of carboxylic acid groups (broad SMARTS) is 1. The number of aromatic hydroxyl groups is 1. The van der Waals surface area contributed by atoms with E-state index in [0.717, 1.165) is 11.1 Å². The number of hydrogen-bond donors (Lipinski definition) is 2. The van der Waals surface area contributed by atoms with Crippen molar-refractivity contribution in [1.82, 2.24) is 0 Å². The van der Waals surface area contributed by atoms with Crippen LogP contribution in [-0.4, -0.2) is 16.2 Å². The Kier molecular flexibility index (Phi) is 4.55. The van der Waals surface area contributed by atoms with E-state index in [-0.39, 0.29) is 18.1 Å². The van der Waals surface area contributed by atoms with Gasteiger partial charge in [0.05, 0.1) is 0 Å². The summed E-state index contributed by atoms with van der Waals surface area (Å²) < 4.78 is 0. The van der Waals surface area contributed by atoms with Gasteiger partial charge in [-0.25, -0.2) is 0 Å². The van der Waals surface area contributed by atoms with Crippen LogP contribution in [0.5, 0.6) is 5.75 Å². The van der Waals surface area contributed by atoms with Crippen molar-refractivity contribution in [3.63, 3.8) is 0 Å². The molecule has 0 fully saturated rings. The Morgan fingerprint density at radius 3 is 2.53 bits per heavy atom. The second kappa shape index (κ2) is 5.71. The fourth-order valence-corrected chi connectivity index (χ4v) is 2.10. The van der Waals surface area contributed by atoms with Crippen molar-refractivity contribution in [2.75, 3.05) is 0 Å². The zero-order chi connectivity index (χ0) is 13.0. The zero-order valence-corrected chi connectivity index (χ0v) is 10.6. The van der Waals surface area contributed by atoms with Crippen molar-refractivity contribution >= 4 is 5.97 Å². The molecule has 0 saturated carbocycles. The van der Waals surface area contributed by atoms with Gasteiger partial charge in [0.15, 0.2) is 0 Å². The number of aryl methyl sites for hydroxylation is 1. The lowest BCUT2D eigenvalue weighted by molar-refractivity contribution is -0.137. The van der Waals surface area contributed by atoms with Gasteiger partial charge in [0.1, 0.15) is 5.75 Å².